The molecule has 0 atom stereocenters. The summed E-state index contributed by atoms with van der Waals surface area (Å²) in [5, 5.41) is 0. The van der Waals surface area contributed by atoms with Crippen LogP contribution in [0, 0.1) is 0 Å². The Morgan fingerprint density at radius 1 is 1.06 bits per heavy atom. The molecule has 0 radical (unpaired) electrons. The number of halogens is 1. The van der Waals surface area contributed by atoms with Gasteiger partial charge in [0.1, 0.15) is 0 Å². The van der Waals surface area contributed by atoms with Gasteiger partial charge in [-0.05, 0) is 37.3 Å². The van der Waals surface area contributed by atoms with Crippen LogP contribution in [0.25, 0.3) is 0 Å². The van der Waals surface area contributed by atoms with Crippen molar-refractivity contribution in [3.63, 3.8) is 0 Å². The zero-order valence-electron chi connectivity index (χ0n) is 9.48. The Bertz CT molecular complexity index is 568. The summed E-state index contributed by atoms with van der Waals surface area (Å²) in [6.45, 7) is 3.19. The van der Waals surface area contributed by atoms with Crippen LogP contribution >= 0.6 is 27.7 Å². The van der Waals surface area contributed by atoms with Crippen LogP contribution in [-0.2, 0) is 0 Å². The highest BCUT2D eigenvalue weighted by Crippen LogP contribution is 2.48. The van der Waals surface area contributed by atoms with Gasteiger partial charge in [0, 0.05) is 20.8 Å². The minimum absolute atomic E-state index is 0.992. The molecule has 0 aromatic heterocycles. The van der Waals surface area contributed by atoms with E-state index in [0.717, 1.165) is 11.0 Å². The van der Waals surface area contributed by atoms with E-state index in [1.54, 1.807) is 0 Å². The number of anilines is 2. The molecule has 3 rings (SSSR count). The molecular weight excluding hydrogens is 294 g/mol. The predicted molar refractivity (Wildman–Crippen MR) is 77.4 cm³/mol. The van der Waals surface area contributed by atoms with Crippen molar-refractivity contribution in [1.29, 1.82) is 0 Å². The van der Waals surface area contributed by atoms with Crippen molar-refractivity contribution in [3.8, 4) is 0 Å². The van der Waals surface area contributed by atoms with Gasteiger partial charge in [-0.25, -0.2) is 0 Å². The highest BCUT2D eigenvalue weighted by atomic mass is 79.9. The molecule has 86 valence electrons. The van der Waals surface area contributed by atoms with Crippen LogP contribution in [0.4, 0.5) is 11.4 Å². The van der Waals surface area contributed by atoms with Crippen molar-refractivity contribution >= 4 is 39.1 Å². The molecular formula is C14H12BrNS. The molecule has 0 unspecified atom stereocenters. The lowest BCUT2D eigenvalue weighted by Gasteiger charge is -2.31. The Labute approximate surface area is 114 Å². The predicted octanol–water partition coefficient (Wildman–Crippen LogP) is 5.07. The lowest BCUT2D eigenvalue weighted by Crippen LogP contribution is -2.19. The highest BCUT2D eigenvalue weighted by molar-refractivity contribution is 9.10. The van der Waals surface area contributed by atoms with E-state index in [1.807, 2.05) is 11.8 Å². The van der Waals surface area contributed by atoms with Gasteiger partial charge in [0.15, 0.2) is 0 Å². The van der Waals surface area contributed by atoms with Crippen LogP contribution in [-0.4, -0.2) is 6.54 Å². The summed E-state index contributed by atoms with van der Waals surface area (Å²) in [5.74, 6) is 0. The Morgan fingerprint density at radius 3 is 2.65 bits per heavy atom. The van der Waals surface area contributed by atoms with Crippen molar-refractivity contribution in [1.82, 2.24) is 0 Å². The molecule has 3 heteroatoms. The summed E-state index contributed by atoms with van der Waals surface area (Å²) >= 11 is 5.38. The minimum atomic E-state index is 0.992. The normalized spacial score (nSPS) is 13.2. The second-order valence-electron chi connectivity index (χ2n) is 3.93. The van der Waals surface area contributed by atoms with Gasteiger partial charge in [-0.1, -0.05) is 39.8 Å². The van der Waals surface area contributed by atoms with Gasteiger partial charge in [-0.15, -0.1) is 0 Å². The highest BCUT2D eigenvalue weighted by Gasteiger charge is 2.21. The topological polar surface area (TPSA) is 3.24 Å². The van der Waals surface area contributed by atoms with E-state index < -0.39 is 0 Å². The number of nitrogens with zero attached hydrogens (tertiary/aromatic N) is 1. The third-order valence-electron chi connectivity index (χ3n) is 2.90. The maximum absolute atomic E-state index is 3.54. The number of hydrogen-bond acceptors (Lipinski definition) is 2. The van der Waals surface area contributed by atoms with Crippen molar-refractivity contribution in [2.45, 2.75) is 16.7 Å². The van der Waals surface area contributed by atoms with Gasteiger partial charge in [-0.3, -0.25) is 0 Å². The summed E-state index contributed by atoms with van der Waals surface area (Å²) in [7, 11) is 0. The lowest BCUT2D eigenvalue weighted by atomic mass is 10.2. The summed E-state index contributed by atoms with van der Waals surface area (Å²) in [6.07, 6.45) is 0. The third kappa shape index (κ3) is 1.87. The molecule has 1 aliphatic rings. The van der Waals surface area contributed by atoms with Crippen LogP contribution in [0.2, 0.25) is 0 Å². The molecule has 17 heavy (non-hydrogen) atoms. The van der Waals surface area contributed by atoms with Gasteiger partial charge in [0.25, 0.3) is 0 Å². The molecule has 0 amide bonds. The average Bonchev–Trinajstić information content (AvgIpc) is 2.35. The Morgan fingerprint density at radius 2 is 1.82 bits per heavy atom. The SMILES string of the molecule is CCN1c2ccccc2Sc2cc(Br)ccc21. The van der Waals surface area contributed by atoms with E-state index in [1.165, 1.54) is 21.2 Å². The van der Waals surface area contributed by atoms with Crippen LogP contribution in [0.3, 0.4) is 0 Å². The fourth-order valence-corrected chi connectivity index (χ4v) is 3.80. The fraction of sp³-hybridized carbons (Fsp3) is 0.143. The maximum atomic E-state index is 3.54. The van der Waals surface area contributed by atoms with E-state index in [2.05, 4.69) is 70.2 Å². The first-order chi connectivity index (χ1) is 8.29. The largest absolute Gasteiger partial charge is 0.340 e. The number of hydrogen-bond donors (Lipinski definition) is 0. The standard InChI is InChI=1S/C14H12BrNS/c1-2-16-11-5-3-4-6-13(11)17-14-9-10(15)7-8-12(14)16/h3-9H,2H2,1H3. The Balaban J connectivity index is 2.18. The number of benzene rings is 2. The molecule has 1 nitrogen and oxygen atoms in total. The molecule has 2 aromatic rings. The molecule has 0 bridgehead atoms. The van der Waals surface area contributed by atoms with Gasteiger partial charge < -0.3 is 4.90 Å². The molecule has 0 saturated carbocycles. The zero-order chi connectivity index (χ0) is 11.8. The van der Waals surface area contributed by atoms with E-state index in [4.69, 9.17) is 0 Å². The maximum Gasteiger partial charge on any atom is 0.0553 e. The quantitative estimate of drug-likeness (QED) is 0.723. The lowest BCUT2D eigenvalue weighted by molar-refractivity contribution is 0.978. The van der Waals surface area contributed by atoms with Crippen molar-refractivity contribution in [3.05, 3.63) is 46.9 Å². The first-order valence-electron chi connectivity index (χ1n) is 5.63. The first-order valence-corrected chi connectivity index (χ1v) is 7.24. The van der Waals surface area contributed by atoms with Crippen molar-refractivity contribution < 1.29 is 0 Å². The van der Waals surface area contributed by atoms with Crippen LogP contribution < -0.4 is 4.90 Å². The minimum Gasteiger partial charge on any atom is -0.340 e. The molecule has 2 aromatic carbocycles. The summed E-state index contributed by atoms with van der Waals surface area (Å²) in [6, 6.07) is 15.1. The van der Waals surface area contributed by atoms with Gasteiger partial charge in [0.2, 0.25) is 0 Å². The number of para-hydroxylation sites is 1. The summed E-state index contributed by atoms with van der Waals surface area (Å²) < 4.78 is 1.14. The van der Waals surface area contributed by atoms with Gasteiger partial charge in [0.05, 0.1) is 11.4 Å². The molecule has 0 N–H and O–H groups in total. The van der Waals surface area contributed by atoms with Crippen molar-refractivity contribution in [2.75, 3.05) is 11.4 Å². The van der Waals surface area contributed by atoms with Gasteiger partial charge in [-0.2, -0.15) is 0 Å². The summed E-state index contributed by atoms with van der Waals surface area (Å²) in [4.78, 5) is 5.02. The van der Waals surface area contributed by atoms with Crippen LogP contribution in [0.5, 0.6) is 0 Å². The second-order valence-corrected chi connectivity index (χ2v) is 5.93. The second kappa shape index (κ2) is 4.39. The van der Waals surface area contributed by atoms with Crippen molar-refractivity contribution in [2.24, 2.45) is 0 Å². The number of fused-ring (bicyclic) bond motifs is 2. The molecule has 0 fully saturated rings. The van der Waals surface area contributed by atoms with E-state index in [-0.39, 0.29) is 0 Å². The average molecular weight is 306 g/mol. The van der Waals surface area contributed by atoms with E-state index >= 15 is 0 Å². The van der Waals surface area contributed by atoms with E-state index in [9.17, 15) is 0 Å². The molecule has 0 spiro atoms. The Hall–Kier alpha value is -0.930. The zero-order valence-corrected chi connectivity index (χ0v) is 11.9. The van der Waals surface area contributed by atoms with Crippen LogP contribution in [0.15, 0.2) is 56.7 Å². The van der Waals surface area contributed by atoms with Crippen LogP contribution in [0.1, 0.15) is 6.92 Å². The monoisotopic (exact) mass is 305 g/mol. The third-order valence-corrected chi connectivity index (χ3v) is 4.51. The first kappa shape index (κ1) is 11.2. The molecule has 0 saturated heterocycles. The fourth-order valence-electron chi connectivity index (χ4n) is 2.15. The molecule has 1 heterocycles. The molecule has 1 aliphatic heterocycles. The Kier molecular flexibility index (Phi) is 2.89. The summed E-state index contributed by atoms with van der Waals surface area (Å²) in [5.41, 5.74) is 2.62. The smallest absolute Gasteiger partial charge is 0.0553 e. The molecule has 0 aliphatic carbocycles. The number of rotatable bonds is 1. The van der Waals surface area contributed by atoms with E-state index in [0.29, 0.717) is 0 Å². The van der Waals surface area contributed by atoms with Gasteiger partial charge >= 0.3 is 0 Å².